The minimum atomic E-state index is -4.85. The van der Waals surface area contributed by atoms with Gasteiger partial charge in [0, 0.05) is 57.6 Å². The van der Waals surface area contributed by atoms with Gasteiger partial charge in [-0.3, -0.25) is 24.4 Å². The van der Waals surface area contributed by atoms with E-state index in [1.165, 1.54) is 12.4 Å². The number of carbonyl (C=O) groups excluding carboxylic acids is 3. The average molecular weight is 642 g/mol. The molecule has 5 N–H and O–H groups in total. The number of hydrogen-bond donors (Lipinski definition) is 5. The predicted octanol–water partition coefficient (Wildman–Crippen LogP) is 1.32. The summed E-state index contributed by atoms with van der Waals surface area (Å²) in [6.07, 6.45) is 2.33. The maximum atomic E-state index is 13.2. The largest absolute Gasteiger partial charge is 0.423 e. The molecule has 3 rings (SSSR count). The Balaban J connectivity index is 1.31. The van der Waals surface area contributed by atoms with Gasteiger partial charge >= 0.3 is 6.18 Å². The third-order valence-electron chi connectivity index (χ3n) is 6.93. The van der Waals surface area contributed by atoms with Crippen molar-refractivity contribution in [2.45, 2.75) is 57.7 Å². The van der Waals surface area contributed by atoms with Crippen molar-refractivity contribution < 1.29 is 37.5 Å². The van der Waals surface area contributed by atoms with Crippen LogP contribution < -0.4 is 26.6 Å². The first-order valence-corrected chi connectivity index (χ1v) is 14.5. The van der Waals surface area contributed by atoms with Gasteiger partial charge in [-0.05, 0) is 19.8 Å². The molecule has 1 saturated heterocycles. The Bertz CT molecular complexity index is 1320. The highest BCUT2D eigenvalue weighted by atomic mass is 19.4. The second kappa shape index (κ2) is 17.2. The van der Waals surface area contributed by atoms with Gasteiger partial charge in [0.05, 0.1) is 37.1 Å². The van der Waals surface area contributed by atoms with Crippen LogP contribution in [0.25, 0.3) is 0 Å². The molecule has 1 atom stereocenters. The number of nitrogens with zero attached hydrogens (tertiary/aromatic N) is 5. The van der Waals surface area contributed by atoms with E-state index in [2.05, 4.69) is 25.7 Å². The van der Waals surface area contributed by atoms with E-state index in [0.29, 0.717) is 50.7 Å². The van der Waals surface area contributed by atoms with Crippen molar-refractivity contribution in [1.82, 2.24) is 35.9 Å². The number of piperazine rings is 1. The molecule has 0 unspecified atom stereocenters. The second-order valence-electron chi connectivity index (χ2n) is 10.5. The number of H-pyrrole nitrogens is 1. The second-order valence-corrected chi connectivity index (χ2v) is 10.5. The molecule has 3 amide bonds. The molecule has 0 spiro atoms. The Kier molecular flexibility index (Phi) is 13.5. The highest BCUT2D eigenvalue weighted by molar-refractivity contribution is 5.93. The van der Waals surface area contributed by atoms with Gasteiger partial charge < -0.3 is 25.2 Å². The van der Waals surface area contributed by atoms with Crippen molar-refractivity contribution in [2.75, 3.05) is 56.2 Å². The summed E-state index contributed by atoms with van der Waals surface area (Å²) in [5.74, 6) is -0.388. The maximum absolute atomic E-state index is 13.2. The van der Waals surface area contributed by atoms with Crippen LogP contribution in [0.15, 0.2) is 23.4 Å². The fourth-order valence-electron chi connectivity index (χ4n) is 4.56. The number of hydroxylamine groups is 1. The van der Waals surface area contributed by atoms with Crippen LogP contribution in [0.5, 0.6) is 0 Å². The quantitative estimate of drug-likeness (QED) is 0.101. The van der Waals surface area contributed by atoms with E-state index < -0.39 is 34.9 Å². The molecule has 0 bridgehead atoms. The lowest BCUT2D eigenvalue weighted by Gasteiger charge is -2.34. The number of alkyl halides is 3. The highest BCUT2D eigenvalue weighted by Crippen LogP contribution is 2.31. The number of unbranched alkanes of at least 4 members (excludes halogenated alkanes) is 3. The van der Waals surface area contributed by atoms with Crippen LogP contribution in [0.4, 0.5) is 24.8 Å². The number of aromatic nitrogens is 4. The summed E-state index contributed by atoms with van der Waals surface area (Å²) in [6, 6.07) is -0.587. The van der Waals surface area contributed by atoms with E-state index in [1.807, 2.05) is 4.90 Å². The number of ether oxygens (including phenoxy) is 1. The molecule has 2 aromatic rings. The molecule has 1 aliphatic rings. The fourth-order valence-corrected chi connectivity index (χ4v) is 4.56. The zero-order valence-electron chi connectivity index (χ0n) is 24.9. The lowest BCUT2D eigenvalue weighted by atomic mass is 10.1. The Morgan fingerprint density at radius 1 is 1.04 bits per heavy atom. The average Bonchev–Trinajstić information content (AvgIpc) is 3.01. The number of halogens is 3. The van der Waals surface area contributed by atoms with Gasteiger partial charge in [-0.15, -0.1) is 0 Å². The van der Waals surface area contributed by atoms with Gasteiger partial charge in [-0.2, -0.15) is 18.3 Å². The monoisotopic (exact) mass is 641 g/mol. The molecule has 45 heavy (non-hydrogen) atoms. The molecule has 0 aromatic carbocycles. The summed E-state index contributed by atoms with van der Waals surface area (Å²) in [5, 5.41) is 19.0. The van der Waals surface area contributed by atoms with Crippen LogP contribution in [-0.2, 0) is 20.5 Å². The van der Waals surface area contributed by atoms with E-state index in [4.69, 9.17) is 9.94 Å². The molecule has 0 radical (unpaired) electrons. The van der Waals surface area contributed by atoms with Gasteiger partial charge in [0.25, 0.3) is 11.5 Å². The molecule has 0 saturated carbocycles. The Labute approximate surface area is 256 Å². The van der Waals surface area contributed by atoms with Crippen molar-refractivity contribution >= 4 is 29.4 Å². The summed E-state index contributed by atoms with van der Waals surface area (Å²) < 4.78 is 45.1. The van der Waals surface area contributed by atoms with Gasteiger partial charge in [0.1, 0.15) is 5.56 Å². The Morgan fingerprint density at radius 2 is 1.73 bits per heavy atom. The summed E-state index contributed by atoms with van der Waals surface area (Å²) in [5.41, 5.74) is -1.25. The van der Waals surface area contributed by atoms with E-state index in [-0.39, 0.29) is 37.9 Å². The Morgan fingerprint density at radius 3 is 2.40 bits per heavy atom. The number of amides is 3. The van der Waals surface area contributed by atoms with E-state index in [0.717, 1.165) is 25.5 Å². The SMILES string of the molecule is C[C@@H](COCCC(=O)N1CCN(c2ncc(C(=O)NCCCCCCC(=O)NO)cn2)CC1)Nc1cn[nH]c(=O)c1C(F)(F)F. The number of carbonyl (C=O) groups is 3. The standard InChI is InChI=1S/C27H38F3N9O6/c1-18(35-20-16-34-36-25(43)23(20)27(28,29)30)17-45-13-7-22(41)38-9-11-39(12-10-38)26-32-14-19(15-33-26)24(42)31-8-5-3-2-4-6-21(40)37-44/h14-16,18,44H,2-13,17H2,1H3,(H,31,42)(H,37,40)(H2,35,36,43)/t18-/m0/s1. The summed E-state index contributed by atoms with van der Waals surface area (Å²) in [4.78, 5) is 59.7. The number of rotatable bonds is 16. The molecule has 3 heterocycles. The molecular weight excluding hydrogens is 603 g/mol. The number of aromatic amines is 1. The first-order valence-electron chi connectivity index (χ1n) is 14.5. The highest BCUT2D eigenvalue weighted by Gasteiger charge is 2.37. The summed E-state index contributed by atoms with van der Waals surface area (Å²) in [7, 11) is 0. The molecule has 1 fully saturated rings. The maximum Gasteiger partial charge on any atom is 0.423 e. The first kappa shape index (κ1) is 35.2. The van der Waals surface area contributed by atoms with E-state index >= 15 is 0 Å². The van der Waals surface area contributed by atoms with Crippen molar-refractivity contribution in [3.63, 3.8) is 0 Å². The van der Waals surface area contributed by atoms with Crippen molar-refractivity contribution in [2.24, 2.45) is 0 Å². The zero-order valence-corrected chi connectivity index (χ0v) is 24.9. The number of hydrogen-bond acceptors (Lipinski definition) is 11. The lowest BCUT2D eigenvalue weighted by molar-refractivity contribution is -0.138. The van der Waals surface area contributed by atoms with Gasteiger partial charge in [0.2, 0.25) is 17.8 Å². The van der Waals surface area contributed by atoms with Crippen LogP contribution in [-0.4, -0.2) is 100.0 Å². The Hall–Kier alpha value is -4.32. The summed E-state index contributed by atoms with van der Waals surface area (Å²) >= 11 is 0. The lowest BCUT2D eigenvalue weighted by Crippen LogP contribution is -2.49. The van der Waals surface area contributed by atoms with Crippen molar-refractivity contribution in [1.29, 1.82) is 0 Å². The third kappa shape index (κ3) is 11.3. The molecule has 1 aliphatic heterocycles. The predicted molar refractivity (Wildman–Crippen MR) is 155 cm³/mol. The van der Waals surface area contributed by atoms with Gasteiger partial charge in [0.15, 0.2) is 0 Å². The topological polar surface area (TPSA) is 195 Å². The van der Waals surface area contributed by atoms with Gasteiger partial charge in [-0.1, -0.05) is 12.8 Å². The van der Waals surface area contributed by atoms with E-state index in [1.54, 1.807) is 22.4 Å². The van der Waals surface area contributed by atoms with Crippen molar-refractivity contribution in [3.05, 3.63) is 40.1 Å². The van der Waals surface area contributed by atoms with E-state index in [9.17, 15) is 32.3 Å². The molecule has 15 nitrogen and oxygen atoms in total. The molecule has 2 aromatic heterocycles. The molecular formula is C27H38F3N9O6. The van der Waals surface area contributed by atoms with Gasteiger partial charge in [-0.25, -0.2) is 20.5 Å². The first-order chi connectivity index (χ1) is 21.5. The summed E-state index contributed by atoms with van der Waals surface area (Å²) in [6.45, 7) is 3.98. The fraction of sp³-hybridized carbons (Fsp3) is 0.593. The van der Waals surface area contributed by atoms with Crippen molar-refractivity contribution in [3.8, 4) is 0 Å². The number of anilines is 2. The van der Waals surface area contributed by atoms with Crippen LogP contribution in [0.3, 0.4) is 0 Å². The van der Waals surface area contributed by atoms with Crippen LogP contribution in [0.1, 0.15) is 61.4 Å². The minimum Gasteiger partial charge on any atom is -0.379 e. The zero-order chi connectivity index (χ0) is 32.8. The van der Waals surface area contributed by atoms with Crippen LogP contribution in [0.2, 0.25) is 0 Å². The number of nitrogens with one attached hydrogen (secondary N) is 4. The molecule has 0 aliphatic carbocycles. The smallest absolute Gasteiger partial charge is 0.379 e. The minimum absolute atomic E-state index is 0.00387. The normalized spacial score (nSPS) is 14.2. The van der Waals surface area contributed by atoms with Crippen LogP contribution in [0, 0.1) is 0 Å². The molecule has 248 valence electrons. The van der Waals surface area contributed by atoms with Crippen LogP contribution >= 0.6 is 0 Å². The third-order valence-corrected chi connectivity index (χ3v) is 6.93. The molecule has 18 heteroatoms.